The third kappa shape index (κ3) is 4.02. The maximum Gasteiger partial charge on any atom is 0.251 e. The zero-order valence-electron chi connectivity index (χ0n) is 19.0. The van der Waals surface area contributed by atoms with Gasteiger partial charge in [0.25, 0.3) is 5.91 Å². The van der Waals surface area contributed by atoms with Crippen LogP contribution in [0.4, 0.5) is 5.82 Å². The summed E-state index contributed by atoms with van der Waals surface area (Å²) in [6, 6.07) is 3.58. The molecule has 4 atom stereocenters. The summed E-state index contributed by atoms with van der Waals surface area (Å²) in [5.74, 6) is -0.0469. The fraction of sp³-hybridized carbons (Fsp3) is 0.476. The van der Waals surface area contributed by atoms with Gasteiger partial charge in [-0.15, -0.1) is 0 Å². The highest BCUT2D eigenvalue weighted by Gasteiger charge is 2.58. The number of rotatable bonds is 6. The molecule has 3 aromatic heterocycles. The van der Waals surface area contributed by atoms with Crippen molar-refractivity contribution in [1.82, 2.24) is 29.8 Å². The molecule has 2 N–H and O–H groups in total. The highest BCUT2D eigenvalue weighted by atomic mass is 35.5. The van der Waals surface area contributed by atoms with E-state index < -0.39 is 30.3 Å². The molecule has 12 nitrogen and oxygen atoms in total. The number of ether oxygens (including phenoxy) is 4. The molecule has 2 aliphatic heterocycles. The summed E-state index contributed by atoms with van der Waals surface area (Å²) < 4.78 is 25.1. The molecule has 2 aliphatic rings. The van der Waals surface area contributed by atoms with E-state index in [9.17, 15) is 4.79 Å². The lowest BCUT2D eigenvalue weighted by Crippen LogP contribution is -2.41. The Morgan fingerprint density at radius 1 is 1.26 bits per heavy atom. The summed E-state index contributed by atoms with van der Waals surface area (Å²) in [6.45, 7) is 3.95. The molecule has 0 radical (unpaired) electrons. The van der Waals surface area contributed by atoms with Gasteiger partial charge in [0.15, 0.2) is 35.1 Å². The van der Waals surface area contributed by atoms with Crippen LogP contribution >= 0.6 is 11.6 Å². The Kier molecular flexibility index (Phi) is 5.76. The predicted molar refractivity (Wildman–Crippen MR) is 120 cm³/mol. The Labute approximate surface area is 199 Å². The first-order valence-electron chi connectivity index (χ1n) is 10.6. The molecule has 180 valence electrons. The number of methoxy groups -OCH3 is 1. The molecule has 3 aromatic rings. The van der Waals surface area contributed by atoms with Crippen LogP contribution in [0.25, 0.3) is 11.2 Å². The highest BCUT2D eigenvalue weighted by Crippen LogP contribution is 2.44. The van der Waals surface area contributed by atoms with E-state index in [1.54, 1.807) is 51.2 Å². The molecule has 0 unspecified atom stereocenters. The summed E-state index contributed by atoms with van der Waals surface area (Å²) in [4.78, 5) is 29.9. The maximum absolute atomic E-state index is 12.5. The number of fused-ring (bicyclic) bond motifs is 2. The van der Waals surface area contributed by atoms with Crippen LogP contribution in [0.1, 0.15) is 25.8 Å². The molecule has 0 aromatic carbocycles. The Bertz CT molecular complexity index is 1240. The van der Waals surface area contributed by atoms with E-state index in [0.717, 1.165) is 5.69 Å². The monoisotopic (exact) mass is 489 g/mol. The van der Waals surface area contributed by atoms with Gasteiger partial charge in [-0.1, -0.05) is 0 Å². The van der Waals surface area contributed by atoms with Gasteiger partial charge in [0.1, 0.15) is 18.0 Å². The third-order valence-electron chi connectivity index (χ3n) is 5.66. The van der Waals surface area contributed by atoms with E-state index in [-0.39, 0.29) is 11.2 Å². The number of carbonyl (C=O) groups excluding carboxylic acids is 1. The number of hydrogen-bond donors (Lipinski definition) is 2. The molecule has 0 aliphatic carbocycles. The SMILES string of the molecule is CNC(=O)[C@H]1O[C@@H](n2cnc3c(NCc4cc(OC)ccn4)nc(Cl)nc32)[C@@H]2OC(C)(C)O[C@@H]21. The second kappa shape index (κ2) is 8.62. The summed E-state index contributed by atoms with van der Waals surface area (Å²) in [5.41, 5.74) is 1.65. The van der Waals surface area contributed by atoms with Gasteiger partial charge in [-0.3, -0.25) is 14.3 Å². The number of hydrogen-bond acceptors (Lipinski definition) is 10. The number of aromatic nitrogens is 5. The summed E-state index contributed by atoms with van der Waals surface area (Å²) in [5, 5.41) is 5.84. The quantitative estimate of drug-likeness (QED) is 0.492. The lowest BCUT2D eigenvalue weighted by Gasteiger charge is -2.24. The molecule has 0 saturated carbocycles. The minimum absolute atomic E-state index is 0.0247. The number of imidazole rings is 1. The molecule has 5 rings (SSSR count). The average Bonchev–Trinajstić information content (AvgIpc) is 3.47. The number of pyridine rings is 1. The zero-order valence-corrected chi connectivity index (χ0v) is 19.7. The maximum atomic E-state index is 12.5. The molecule has 2 saturated heterocycles. The minimum atomic E-state index is -0.872. The minimum Gasteiger partial charge on any atom is -0.497 e. The number of nitrogens with zero attached hydrogens (tertiary/aromatic N) is 5. The number of carbonyl (C=O) groups is 1. The van der Waals surface area contributed by atoms with E-state index in [2.05, 4.69) is 30.6 Å². The van der Waals surface area contributed by atoms with Gasteiger partial charge in [0.05, 0.1) is 25.7 Å². The van der Waals surface area contributed by atoms with Crippen molar-refractivity contribution in [2.24, 2.45) is 0 Å². The molecular weight excluding hydrogens is 466 g/mol. The molecule has 5 heterocycles. The van der Waals surface area contributed by atoms with Gasteiger partial charge in [-0.25, -0.2) is 4.98 Å². The topological polar surface area (TPSA) is 135 Å². The van der Waals surface area contributed by atoms with Crippen LogP contribution in [0.5, 0.6) is 5.75 Å². The largest absolute Gasteiger partial charge is 0.497 e. The fourth-order valence-corrected chi connectivity index (χ4v) is 4.37. The lowest BCUT2D eigenvalue weighted by molar-refractivity contribution is -0.197. The number of nitrogens with one attached hydrogen (secondary N) is 2. The Morgan fingerprint density at radius 3 is 2.82 bits per heavy atom. The first-order valence-corrected chi connectivity index (χ1v) is 11.0. The van der Waals surface area contributed by atoms with Crippen LogP contribution in [0.15, 0.2) is 24.7 Å². The Hall–Kier alpha value is -3.06. The Morgan fingerprint density at radius 2 is 2.06 bits per heavy atom. The number of halogens is 1. The summed E-state index contributed by atoms with van der Waals surface area (Å²) in [6.07, 6.45) is 0.515. The molecular formula is C21H24ClN7O5. The van der Waals surface area contributed by atoms with Crippen molar-refractivity contribution in [2.75, 3.05) is 19.5 Å². The first-order chi connectivity index (χ1) is 16.3. The lowest BCUT2D eigenvalue weighted by atomic mass is 10.1. The predicted octanol–water partition coefficient (Wildman–Crippen LogP) is 1.66. The summed E-state index contributed by atoms with van der Waals surface area (Å²) >= 11 is 6.25. The van der Waals surface area contributed by atoms with Crippen LogP contribution < -0.4 is 15.4 Å². The average molecular weight is 490 g/mol. The van der Waals surface area contributed by atoms with Crippen molar-refractivity contribution in [1.29, 1.82) is 0 Å². The molecule has 0 bridgehead atoms. The third-order valence-corrected chi connectivity index (χ3v) is 5.83. The molecule has 0 spiro atoms. The van der Waals surface area contributed by atoms with Gasteiger partial charge in [0.2, 0.25) is 5.28 Å². The zero-order chi connectivity index (χ0) is 24.0. The van der Waals surface area contributed by atoms with Crippen molar-refractivity contribution in [3.63, 3.8) is 0 Å². The van der Waals surface area contributed by atoms with Crippen molar-refractivity contribution in [3.05, 3.63) is 35.6 Å². The van der Waals surface area contributed by atoms with E-state index in [0.29, 0.717) is 29.3 Å². The van der Waals surface area contributed by atoms with E-state index >= 15 is 0 Å². The number of likely N-dealkylation sites (N-methyl/N-ethyl adjacent to an activating group) is 1. The highest BCUT2D eigenvalue weighted by molar-refractivity contribution is 6.28. The van der Waals surface area contributed by atoms with Gasteiger partial charge < -0.3 is 29.6 Å². The van der Waals surface area contributed by atoms with Gasteiger partial charge in [-0.05, 0) is 31.5 Å². The smallest absolute Gasteiger partial charge is 0.251 e. The van der Waals surface area contributed by atoms with Crippen LogP contribution in [0, 0.1) is 0 Å². The molecule has 13 heteroatoms. The number of anilines is 1. The van der Waals surface area contributed by atoms with Crippen LogP contribution in [0.3, 0.4) is 0 Å². The fourth-order valence-electron chi connectivity index (χ4n) is 4.21. The van der Waals surface area contributed by atoms with Crippen LogP contribution in [-0.4, -0.2) is 68.7 Å². The van der Waals surface area contributed by atoms with E-state index in [1.165, 1.54) is 0 Å². The summed E-state index contributed by atoms with van der Waals surface area (Å²) in [7, 11) is 3.14. The molecule has 2 fully saturated rings. The first kappa shape index (κ1) is 22.7. The van der Waals surface area contributed by atoms with Crippen LogP contribution in [-0.2, 0) is 25.5 Å². The second-order valence-electron chi connectivity index (χ2n) is 8.33. The van der Waals surface area contributed by atoms with Gasteiger partial charge >= 0.3 is 0 Å². The van der Waals surface area contributed by atoms with E-state index in [1.807, 2.05) is 6.07 Å². The molecule has 1 amide bonds. The second-order valence-corrected chi connectivity index (χ2v) is 8.67. The molecule has 34 heavy (non-hydrogen) atoms. The normalized spacial score (nSPS) is 25.3. The van der Waals surface area contributed by atoms with Gasteiger partial charge in [-0.2, -0.15) is 9.97 Å². The van der Waals surface area contributed by atoms with Crippen molar-refractivity contribution in [2.45, 2.75) is 50.7 Å². The standard InChI is InChI=1S/C21H24ClN7O5/c1-21(2)33-13-14(18(30)23-3)32-19(15(13)34-21)29-9-26-12-16(27-20(22)28-17(12)29)25-8-10-7-11(31-4)5-6-24-10/h5-7,9,13-15,19H,8H2,1-4H3,(H,23,30)(H,25,27,28)/t13-,14+,15-,19-/m1/s1. The Balaban J connectivity index is 1.47. The van der Waals surface area contributed by atoms with Crippen molar-refractivity contribution in [3.8, 4) is 5.75 Å². The van der Waals surface area contributed by atoms with Gasteiger partial charge in [0, 0.05) is 19.3 Å². The van der Waals surface area contributed by atoms with E-state index in [4.69, 9.17) is 30.5 Å². The van der Waals surface area contributed by atoms with Crippen molar-refractivity contribution < 1.29 is 23.7 Å². The van der Waals surface area contributed by atoms with Crippen LogP contribution in [0.2, 0.25) is 5.28 Å². The number of amides is 1. The van der Waals surface area contributed by atoms with Crippen molar-refractivity contribution >= 4 is 34.5 Å².